The number of rotatable bonds is 1. The van der Waals surface area contributed by atoms with Gasteiger partial charge in [-0.25, -0.2) is 8.78 Å². The molecule has 76 valence electrons. The molecule has 1 aromatic carbocycles. The highest BCUT2D eigenvalue weighted by Gasteiger charge is 2.13. The van der Waals surface area contributed by atoms with E-state index in [0.29, 0.717) is 0 Å². The van der Waals surface area contributed by atoms with Crippen molar-refractivity contribution in [2.24, 2.45) is 5.73 Å². The van der Waals surface area contributed by atoms with Crippen molar-refractivity contribution < 1.29 is 8.78 Å². The number of hydrogen-bond donors (Lipinski definition) is 2. The average Bonchev–Trinajstić information content (AvgIpc) is 2.10. The molecule has 0 aromatic heterocycles. The first-order chi connectivity index (χ1) is 6.43. The van der Waals surface area contributed by atoms with Gasteiger partial charge in [-0.1, -0.05) is 0 Å². The molecule has 1 rings (SSSR count). The van der Waals surface area contributed by atoms with E-state index in [4.69, 9.17) is 5.73 Å². The van der Waals surface area contributed by atoms with Gasteiger partial charge >= 0.3 is 0 Å². The zero-order valence-electron chi connectivity index (χ0n) is 7.20. The monoisotopic (exact) mass is 280 g/mol. The van der Waals surface area contributed by atoms with Gasteiger partial charge in [0, 0.05) is 5.56 Å². The SMILES string of the molecule is Cc1c(F)c(Br)cc(NC(N)=S)c1F. The topological polar surface area (TPSA) is 38.0 Å². The lowest BCUT2D eigenvalue weighted by molar-refractivity contribution is 0.566. The first-order valence-corrected chi connectivity index (χ1v) is 4.84. The minimum absolute atomic E-state index is 0.0586. The summed E-state index contributed by atoms with van der Waals surface area (Å²) in [7, 11) is 0. The third-order valence-corrected chi connectivity index (χ3v) is 2.31. The molecule has 0 spiro atoms. The number of hydrogen-bond acceptors (Lipinski definition) is 1. The highest BCUT2D eigenvalue weighted by Crippen LogP contribution is 2.27. The minimum atomic E-state index is -0.696. The summed E-state index contributed by atoms with van der Waals surface area (Å²) in [5.74, 6) is -1.32. The fraction of sp³-hybridized carbons (Fsp3) is 0.125. The van der Waals surface area contributed by atoms with Crippen molar-refractivity contribution >= 4 is 38.9 Å². The van der Waals surface area contributed by atoms with Gasteiger partial charge in [0.05, 0.1) is 10.2 Å². The number of nitrogens with two attached hydrogens (primary N) is 1. The second kappa shape index (κ2) is 4.18. The van der Waals surface area contributed by atoms with Crippen LogP contribution in [0, 0.1) is 18.6 Å². The molecule has 0 atom stereocenters. The van der Waals surface area contributed by atoms with Crippen LogP contribution in [-0.2, 0) is 0 Å². The number of nitrogens with one attached hydrogen (secondary N) is 1. The second-order valence-corrected chi connectivity index (χ2v) is 3.94. The van der Waals surface area contributed by atoms with Crippen molar-refractivity contribution in [3.63, 3.8) is 0 Å². The van der Waals surface area contributed by atoms with Crippen LogP contribution in [0.2, 0.25) is 0 Å². The van der Waals surface area contributed by atoms with Gasteiger partial charge in [0.2, 0.25) is 0 Å². The molecule has 3 N–H and O–H groups in total. The third kappa shape index (κ3) is 2.19. The molecule has 0 bridgehead atoms. The Labute approximate surface area is 93.6 Å². The number of anilines is 1. The van der Waals surface area contributed by atoms with Crippen molar-refractivity contribution in [2.75, 3.05) is 5.32 Å². The Bertz CT molecular complexity index is 395. The normalized spacial score (nSPS) is 10.0. The second-order valence-electron chi connectivity index (χ2n) is 2.65. The molecule has 0 aliphatic carbocycles. The van der Waals surface area contributed by atoms with Crippen LogP contribution in [-0.4, -0.2) is 5.11 Å². The zero-order valence-corrected chi connectivity index (χ0v) is 9.60. The van der Waals surface area contributed by atoms with E-state index in [9.17, 15) is 8.78 Å². The van der Waals surface area contributed by atoms with Crippen LogP contribution in [0.4, 0.5) is 14.5 Å². The molecule has 0 unspecified atom stereocenters. The van der Waals surface area contributed by atoms with Crippen molar-refractivity contribution in [3.05, 3.63) is 27.7 Å². The minimum Gasteiger partial charge on any atom is -0.376 e. The van der Waals surface area contributed by atoms with Gasteiger partial charge < -0.3 is 11.1 Å². The highest BCUT2D eigenvalue weighted by molar-refractivity contribution is 9.10. The third-order valence-electron chi connectivity index (χ3n) is 1.63. The Morgan fingerprint density at radius 2 is 2.07 bits per heavy atom. The lowest BCUT2D eigenvalue weighted by atomic mass is 10.2. The molecule has 0 saturated heterocycles. The molecule has 0 saturated carbocycles. The Morgan fingerprint density at radius 1 is 1.50 bits per heavy atom. The Kier molecular flexibility index (Phi) is 3.38. The molecule has 0 amide bonds. The molecule has 0 aliphatic heterocycles. The molecule has 14 heavy (non-hydrogen) atoms. The standard InChI is InChI=1S/C8H7BrF2N2S/c1-3-6(10)4(9)2-5(7(3)11)13-8(12)14/h2H,1H3,(H3,12,13,14). The van der Waals surface area contributed by atoms with E-state index in [1.165, 1.54) is 13.0 Å². The maximum atomic E-state index is 13.4. The van der Waals surface area contributed by atoms with Crippen LogP contribution < -0.4 is 11.1 Å². The average molecular weight is 281 g/mol. The summed E-state index contributed by atoms with van der Waals surface area (Å²) < 4.78 is 26.7. The van der Waals surface area contributed by atoms with Crippen LogP contribution >= 0.6 is 28.1 Å². The number of halogens is 3. The van der Waals surface area contributed by atoms with Gasteiger partial charge in [0.25, 0.3) is 0 Å². The quantitative estimate of drug-likeness (QED) is 0.614. The maximum Gasteiger partial charge on any atom is 0.168 e. The van der Waals surface area contributed by atoms with Crippen molar-refractivity contribution in [3.8, 4) is 0 Å². The van der Waals surface area contributed by atoms with E-state index < -0.39 is 11.6 Å². The lowest BCUT2D eigenvalue weighted by Gasteiger charge is -2.09. The van der Waals surface area contributed by atoms with Gasteiger partial charge in [-0.05, 0) is 41.1 Å². The lowest BCUT2D eigenvalue weighted by Crippen LogP contribution is -2.20. The zero-order chi connectivity index (χ0) is 10.9. The molecule has 1 aromatic rings. The van der Waals surface area contributed by atoms with Crippen molar-refractivity contribution in [2.45, 2.75) is 6.92 Å². The molecule has 6 heteroatoms. The van der Waals surface area contributed by atoms with E-state index >= 15 is 0 Å². The van der Waals surface area contributed by atoms with E-state index in [0.717, 1.165) is 0 Å². The summed E-state index contributed by atoms with van der Waals surface area (Å²) in [4.78, 5) is 0. The van der Waals surface area contributed by atoms with Gasteiger partial charge in [0.1, 0.15) is 5.82 Å². The highest BCUT2D eigenvalue weighted by atomic mass is 79.9. The molecule has 2 nitrogen and oxygen atoms in total. The fourth-order valence-electron chi connectivity index (χ4n) is 0.955. The van der Waals surface area contributed by atoms with Gasteiger partial charge in [-0.3, -0.25) is 0 Å². The molecule has 0 heterocycles. The summed E-state index contributed by atoms with van der Waals surface area (Å²) >= 11 is 7.50. The first-order valence-electron chi connectivity index (χ1n) is 3.64. The summed E-state index contributed by atoms with van der Waals surface area (Å²) in [6.45, 7) is 1.33. The fourth-order valence-corrected chi connectivity index (χ4v) is 1.59. The van der Waals surface area contributed by atoms with Crippen LogP contribution in [0.5, 0.6) is 0 Å². The predicted molar refractivity (Wildman–Crippen MR) is 59.2 cm³/mol. The summed E-state index contributed by atoms with van der Waals surface area (Å²) in [6.07, 6.45) is 0. The number of thiocarbonyl (C=S) groups is 1. The van der Waals surface area contributed by atoms with Gasteiger partial charge in [0.15, 0.2) is 10.9 Å². The van der Waals surface area contributed by atoms with Crippen LogP contribution in [0.1, 0.15) is 5.56 Å². The predicted octanol–water partition coefficient (Wildman–Crippen LogP) is 2.69. The summed E-state index contributed by atoms with van der Waals surface area (Å²) in [5.41, 5.74) is 5.15. The van der Waals surface area contributed by atoms with E-state index in [-0.39, 0.29) is 20.8 Å². The van der Waals surface area contributed by atoms with Crippen LogP contribution in [0.15, 0.2) is 10.5 Å². The number of benzene rings is 1. The summed E-state index contributed by atoms with van der Waals surface area (Å²) in [5, 5.41) is 2.35. The molecular formula is C8H7BrF2N2S. The summed E-state index contributed by atoms with van der Waals surface area (Å²) in [6, 6.07) is 1.25. The first kappa shape index (κ1) is 11.3. The van der Waals surface area contributed by atoms with Gasteiger partial charge in [-0.2, -0.15) is 0 Å². The van der Waals surface area contributed by atoms with Gasteiger partial charge in [-0.15, -0.1) is 0 Å². The van der Waals surface area contributed by atoms with Crippen molar-refractivity contribution in [1.82, 2.24) is 0 Å². The largest absolute Gasteiger partial charge is 0.376 e. The Morgan fingerprint density at radius 3 is 2.57 bits per heavy atom. The molecule has 0 radical (unpaired) electrons. The Balaban J connectivity index is 3.25. The molecule has 0 aliphatic rings. The van der Waals surface area contributed by atoms with E-state index in [1.54, 1.807) is 0 Å². The van der Waals surface area contributed by atoms with E-state index in [2.05, 4.69) is 33.5 Å². The Hall–Kier alpha value is -0.750. The van der Waals surface area contributed by atoms with Crippen molar-refractivity contribution in [1.29, 1.82) is 0 Å². The molecular weight excluding hydrogens is 274 g/mol. The van der Waals surface area contributed by atoms with E-state index in [1.807, 2.05) is 0 Å². The maximum absolute atomic E-state index is 13.4. The molecule has 0 fully saturated rings. The van der Waals surface area contributed by atoms with Crippen LogP contribution in [0.3, 0.4) is 0 Å². The van der Waals surface area contributed by atoms with Crippen LogP contribution in [0.25, 0.3) is 0 Å². The smallest absolute Gasteiger partial charge is 0.168 e.